The lowest BCUT2D eigenvalue weighted by atomic mass is 10.1. The van der Waals surface area contributed by atoms with E-state index in [1.165, 1.54) is 29.5 Å². The zero-order valence-electron chi connectivity index (χ0n) is 8.94. The molecule has 2 rings (SSSR count). The molecular weight excluding hydrogens is 267 g/mol. The molecule has 0 aliphatic carbocycles. The number of aromatic nitrogens is 2. The Morgan fingerprint density at radius 1 is 1.28 bits per heavy atom. The van der Waals surface area contributed by atoms with Crippen molar-refractivity contribution in [3.63, 3.8) is 0 Å². The van der Waals surface area contributed by atoms with Crippen molar-refractivity contribution in [2.45, 2.75) is 12.8 Å². The van der Waals surface area contributed by atoms with E-state index in [-0.39, 0.29) is 5.75 Å². The van der Waals surface area contributed by atoms with Crippen LogP contribution in [0, 0.1) is 0 Å². The Balaban J connectivity index is 2.12. The summed E-state index contributed by atoms with van der Waals surface area (Å²) in [6, 6.07) is 5.72. The summed E-state index contributed by atoms with van der Waals surface area (Å²) in [7, 11) is 0. The van der Waals surface area contributed by atoms with E-state index in [9.17, 15) is 13.2 Å². The maximum absolute atomic E-state index is 12.0. The highest BCUT2D eigenvalue weighted by molar-refractivity contribution is 7.15. The lowest BCUT2D eigenvalue weighted by Crippen LogP contribution is -2.17. The first-order chi connectivity index (χ1) is 8.42. The molecule has 0 radical (unpaired) electrons. The molecule has 0 bridgehead atoms. The summed E-state index contributed by atoms with van der Waals surface area (Å²) in [6.07, 6.45) is -4.32. The molecule has 2 aromatic rings. The monoisotopic (exact) mass is 275 g/mol. The Morgan fingerprint density at radius 3 is 2.67 bits per heavy atom. The van der Waals surface area contributed by atoms with Gasteiger partial charge in [-0.15, -0.1) is 23.4 Å². The molecule has 0 atom stereocenters. The third kappa shape index (κ3) is 3.59. The number of hydrogen-bond donors (Lipinski definition) is 1. The predicted octanol–water partition coefficient (Wildman–Crippen LogP) is 2.61. The molecule has 18 heavy (non-hydrogen) atoms. The first kappa shape index (κ1) is 12.6. The van der Waals surface area contributed by atoms with Gasteiger partial charge < -0.3 is 10.5 Å². The maximum Gasteiger partial charge on any atom is 0.573 e. The van der Waals surface area contributed by atoms with Crippen molar-refractivity contribution in [3.05, 3.63) is 34.8 Å². The van der Waals surface area contributed by atoms with Gasteiger partial charge in [0.05, 0.1) is 0 Å². The minimum absolute atomic E-state index is 0.252. The molecule has 0 unspecified atom stereocenters. The zero-order valence-corrected chi connectivity index (χ0v) is 9.76. The van der Waals surface area contributed by atoms with E-state index in [1.54, 1.807) is 6.07 Å². The molecule has 96 valence electrons. The van der Waals surface area contributed by atoms with Crippen LogP contribution < -0.4 is 10.5 Å². The number of halogens is 3. The van der Waals surface area contributed by atoms with Crippen LogP contribution >= 0.6 is 11.3 Å². The first-order valence-corrected chi connectivity index (χ1v) is 5.66. The van der Waals surface area contributed by atoms with Gasteiger partial charge in [0, 0.05) is 6.42 Å². The zero-order chi connectivity index (χ0) is 13.2. The van der Waals surface area contributed by atoms with Crippen molar-refractivity contribution < 1.29 is 17.9 Å². The normalized spacial score (nSPS) is 11.5. The van der Waals surface area contributed by atoms with Crippen molar-refractivity contribution >= 4 is 16.5 Å². The van der Waals surface area contributed by atoms with Crippen molar-refractivity contribution in [3.8, 4) is 5.75 Å². The average Bonchev–Trinajstić information content (AvgIpc) is 2.62. The summed E-state index contributed by atoms with van der Waals surface area (Å²) in [5.74, 6) is -0.252. The Labute approximate surface area is 104 Å². The molecule has 0 spiro atoms. The van der Waals surface area contributed by atoms with Crippen LogP contribution in [0.4, 0.5) is 18.3 Å². The van der Waals surface area contributed by atoms with Crippen LogP contribution in [0.15, 0.2) is 24.3 Å². The van der Waals surface area contributed by atoms with E-state index >= 15 is 0 Å². The summed E-state index contributed by atoms with van der Waals surface area (Å²) >= 11 is 1.19. The van der Waals surface area contributed by atoms with Gasteiger partial charge in [-0.1, -0.05) is 23.5 Å². The fourth-order valence-electron chi connectivity index (χ4n) is 1.37. The Hall–Kier alpha value is -1.83. The van der Waals surface area contributed by atoms with Gasteiger partial charge in [0.2, 0.25) is 5.13 Å². The number of rotatable bonds is 3. The number of anilines is 1. The van der Waals surface area contributed by atoms with Crippen molar-refractivity contribution in [2.24, 2.45) is 0 Å². The van der Waals surface area contributed by atoms with Gasteiger partial charge in [-0.3, -0.25) is 0 Å². The summed E-state index contributed by atoms with van der Waals surface area (Å²) in [5.41, 5.74) is 6.06. The second kappa shape index (κ2) is 4.81. The minimum Gasteiger partial charge on any atom is -0.406 e. The number of nitrogen functional groups attached to an aromatic ring is 1. The van der Waals surface area contributed by atoms with E-state index in [0.29, 0.717) is 22.1 Å². The number of benzene rings is 1. The largest absolute Gasteiger partial charge is 0.573 e. The predicted molar refractivity (Wildman–Crippen MR) is 60.3 cm³/mol. The smallest absolute Gasteiger partial charge is 0.406 e. The molecule has 0 aliphatic heterocycles. The molecule has 0 fully saturated rings. The maximum atomic E-state index is 12.0. The highest BCUT2D eigenvalue weighted by Gasteiger charge is 2.31. The van der Waals surface area contributed by atoms with Gasteiger partial charge in [-0.05, 0) is 17.7 Å². The Kier molecular flexibility index (Phi) is 3.37. The van der Waals surface area contributed by atoms with Crippen molar-refractivity contribution in [1.29, 1.82) is 0 Å². The second-order valence-corrected chi connectivity index (χ2v) is 4.50. The third-order valence-corrected chi connectivity index (χ3v) is 2.72. The van der Waals surface area contributed by atoms with E-state index in [1.807, 2.05) is 0 Å². The van der Waals surface area contributed by atoms with E-state index in [2.05, 4.69) is 14.9 Å². The van der Waals surface area contributed by atoms with Crippen LogP contribution in [0.1, 0.15) is 10.6 Å². The molecule has 2 N–H and O–H groups in total. The molecule has 0 saturated carbocycles. The second-order valence-electron chi connectivity index (χ2n) is 3.41. The fourth-order valence-corrected chi connectivity index (χ4v) is 2.01. The van der Waals surface area contributed by atoms with E-state index in [0.717, 1.165) is 0 Å². The summed E-state index contributed by atoms with van der Waals surface area (Å²) in [5, 5.41) is 8.39. The van der Waals surface area contributed by atoms with Gasteiger partial charge >= 0.3 is 6.36 Å². The van der Waals surface area contributed by atoms with Crippen LogP contribution in [0.2, 0.25) is 0 Å². The van der Waals surface area contributed by atoms with E-state index in [4.69, 9.17) is 5.73 Å². The van der Waals surface area contributed by atoms with E-state index < -0.39 is 6.36 Å². The number of nitrogens with two attached hydrogens (primary N) is 1. The summed E-state index contributed by atoms with van der Waals surface area (Å²) in [6.45, 7) is 0. The highest BCUT2D eigenvalue weighted by Crippen LogP contribution is 2.24. The molecule has 0 aliphatic rings. The Morgan fingerprint density at radius 2 is 2.06 bits per heavy atom. The molecule has 1 aromatic heterocycles. The topological polar surface area (TPSA) is 61.0 Å². The van der Waals surface area contributed by atoms with Gasteiger partial charge in [0.15, 0.2) is 0 Å². The molecule has 1 heterocycles. The first-order valence-electron chi connectivity index (χ1n) is 4.85. The molecular formula is C10H8F3N3OS. The standard InChI is InChI=1S/C10H8F3N3OS/c11-10(12,13)17-7-3-1-2-6(4-7)5-8-15-16-9(14)18-8/h1-4H,5H2,(H2,14,16). The van der Waals surface area contributed by atoms with Gasteiger partial charge in [0.25, 0.3) is 0 Å². The number of nitrogens with zero attached hydrogens (tertiary/aromatic N) is 2. The number of hydrogen-bond acceptors (Lipinski definition) is 5. The van der Waals surface area contributed by atoms with Gasteiger partial charge in [0.1, 0.15) is 10.8 Å². The van der Waals surface area contributed by atoms with Crippen LogP contribution in [0.25, 0.3) is 0 Å². The van der Waals surface area contributed by atoms with Gasteiger partial charge in [-0.2, -0.15) is 0 Å². The highest BCUT2D eigenvalue weighted by atomic mass is 32.1. The number of alkyl halides is 3. The summed E-state index contributed by atoms with van der Waals surface area (Å²) in [4.78, 5) is 0. The van der Waals surface area contributed by atoms with Crippen LogP contribution in [0.5, 0.6) is 5.75 Å². The van der Waals surface area contributed by atoms with Gasteiger partial charge in [-0.25, -0.2) is 0 Å². The van der Waals surface area contributed by atoms with Crippen LogP contribution in [0.3, 0.4) is 0 Å². The fraction of sp³-hybridized carbons (Fsp3) is 0.200. The van der Waals surface area contributed by atoms with Crippen LogP contribution in [-0.4, -0.2) is 16.6 Å². The SMILES string of the molecule is Nc1nnc(Cc2cccc(OC(F)(F)F)c2)s1. The molecule has 0 amide bonds. The molecule has 8 heteroatoms. The Bertz CT molecular complexity index is 541. The molecule has 0 saturated heterocycles. The lowest BCUT2D eigenvalue weighted by molar-refractivity contribution is -0.274. The summed E-state index contributed by atoms with van der Waals surface area (Å²) < 4.78 is 40.0. The third-order valence-electron chi connectivity index (χ3n) is 1.97. The number of ether oxygens (including phenoxy) is 1. The molecule has 1 aromatic carbocycles. The lowest BCUT2D eigenvalue weighted by Gasteiger charge is -2.09. The minimum atomic E-state index is -4.69. The van der Waals surface area contributed by atoms with Crippen molar-refractivity contribution in [1.82, 2.24) is 10.2 Å². The van der Waals surface area contributed by atoms with Crippen LogP contribution in [-0.2, 0) is 6.42 Å². The average molecular weight is 275 g/mol. The quantitative estimate of drug-likeness (QED) is 0.935. The van der Waals surface area contributed by atoms with Crippen molar-refractivity contribution in [2.75, 3.05) is 5.73 Å². The molecule has 4 nitrogen and oxygen atoms in total.